The zero-order valence-corrected chi connectivity index (χ0v) is 18.1. The molecule has 0 fully saturated rings. The Bertz CT molecular complexity index is 1190. The van der Waals surface area contributed by atoms with Crippen molar-refractivity contribution in [3.63, 3.8) is 0 Å². The van der Waals surface area contributed by atoms with Crippen LogP contribution in [0.3, 0.4) is 0 Å². The molecule has 29 heavy (non-hydrogen) atoms. The lowest BCUT2D eigenvalue weighted by molar-refractivity contribution is 0.431. The summed E-state index contributed by atoms with van der Waals surface area (Å²) in [7, 11) is -5.16. The van der Waals surface area contributed by atoms with Crippen molar-refractivity contribution in [2.24, 2.45) is 0 Å². The molecule has 5 nitrogen and oxygen atoms in total. The minimum absolute atomic E-state index is 0.00126. The Morgan fingerprint density at radius 2 is 1.34 bits per heavy atom. The zero-order valence-electron chi connectivity index (χ0n) is 14.3. The number of benzene rings is 3. The topological polar surface area (TPSA) is 94.8 Å². The second-order valence-corrected chi connectivity index (χ2v) is 9.22. The predicted octanol–water partition coefficient (Wildman–Crippen LogP) is 5.89. The number of phenols is 2. The molecule has 0 aliphatic rings. The van der Waals surface area contributed by atoms with Crippen LogP contribution in [0, 0.1) is 0 Å². The van der Waals surface area contributed by atoms with E-state index in [0.29, 0.717) is 0 Å². The van der Waals surface area contributed by atoms with Crippen molar-refractivity contribution >= 4 is 56.5 Å². The molecule has 0 aromatic heterocycles. The first-order valence-electron chi connectivity index (χ1n) is 7.90. The Morgan fingerprint density at radius 3 is 1.93 bits per heavy atom. The normalized spacial score (nSPS) is 13.8. The first kappa shape index (κ1) is 22.0. The van der Waals surface area contributed by atoms with Gasteiger partial charge in [-0.15, -0.1) is 0 Å². The Labute approximate surface area is 186 Å². The molecule has 3 rings (SSSR count). The summed E-state index contributed by atoms with van der Waals surface area (Å²) in [6, 6.07) is 11.9. The third-order valence-electron chi connectivity index (χ3n) is 4.38. The minimum Gasteiger partial charge on any atom is -0.508 e. The largest absolute Gasteiger partial charge is 0.508 e. The van der Waals surface area contributed by atoms with E-state index in [2.05, 4.69) is 0 Å². The zero-order chi connectivity index (χ0) is 21.6. The molecule has 10 heteroatoms. The molecule has 0 aliphatic heterocycles. The maximum Gasteiger partial charge on any atom is 0.283 e. The van der Waals surface area contributed by atoms with Gasteiger partial charge in [-0.2, -0.15) is 8.42 Å². The maximum atomic E-state index is 13.0. The Balaban J connectivity index is 2.68. The summed E-state index contributed by atoms with van der Waals surface area (Å²) in [5, 5.41) is 19.8. The van der Waals surface area contributed by atoms with Crippen LogP contribution in [0.25, 0.3) is 0 Å². The van der Waals surface area contributed by atoms with Crippen molar-refractivity contribution in [2.75, 3.05) is 0 Å². The summed E-state index contributed by atoms with van der Waals surface area (Å²) in [4.78, 5) is 0. The third kappa shape index (κ3) is 3.54. The van der Waals surface area contributed by atoms with Gasteiger partial charge in [0.25, 0.3) is 10.1 Å². The molecule has 0 radical (unpaired) electrons. The molecule has 0 aliphatic carbocycles. The second kappa shape index (κ2) is 7.87. The van der Waals surface area contributed by atoms with E-state index in [1.54, 1.807) is 6.07 Å². The second-order valence-electron chi connectivity index (χ2n) is 6.06. The van der Waals surface area contributed by atoms with Gasteiger partial charge in [0.2, 0.25) is 0 Å². The van der Waals surface area contributed by atoms with E-state index >= 15 is 0 Å². The summed E-state index contributed by atoms with van der Waals surface area (Å²) in [5.74, 6) is -1.12. The van der Waals surface area contributed by atoms with E-state index in [9.17, 15) is 23.2 Å². The quantitative estimate of drug-likeness (QED) is 0.311. The summed E-state index contributed by atoms with van der Waals surface area (Å²) in [6.07, 6.45) is 0. The van der Waals surface area contributed by atoms with Gasteiger partial charge >= 0.3 is 0 Å². The fourth-order valence-corrected chi connectivity index (χ4v) is 5.89. The van der Waals surface area contributed by atoms with Crippen LogP contribution in [-0.4, -0.2) is 23.2 Å². The van der Waals surface area contributed by atoms with E-state index in [-0.39, 0.29) is 31.2 Å². The smallest absolute Gasteiger partial charge is 0.283 e. The molecule has 1 unspecified atom stereocenters. The highest BCUT2D eigenvalue weighted by Crippen LogP contribution is 2.54. The third-order valence-corrected chi connectivity index (χ3v) is 7.24. The summed E-state index contributed by atoms with van der Waals surface area (Å²) >= 11 is 25.0. The molecule has 0 bridgehead atoms. The highest BCUT2D eigenvalue weighted by Gasteiger charge is 2.53. The van der Waals surface area contributed by atoms with Crippen LogP contribution < -0.4 is 0 Å². The fraction of sp³-hybridized carbons (Fsp3) is 0.0526. The van der Waals surface area contributed by atoms with Gasteiger partial charge in [0.1, 0.15) is 11.5 Å². The van der Waals surface area contributed by atoms with Crippen molar-refractivity contribution in [2.45, 2.75) is 4.75 Å². The number of halogens is 4. The standard InChI is InChI=1S/C19H12Cl4O5S/c20-13-6-2-1-4-11(13)19(29(26,27)28,12-5-3-7-14(21)18(12)23)17-15(22)8-10(24)9-16(17)25/h1-9,24-25H,(H,26,27,28). The molecule has 3 aromatic carbocycles. The van der Waals surface area contributed by atoms with Crippen molar-refractivity contribution < 1.29 is 23.2 Å². The van der Waals surface area contributed by atoms with Crippen molar-refractivity contribution in [3.05, 3.63) is 91.4 Å². The Kier molecular flexibility index (Phi) is 5.98. The molecule has 3 aromatic rings. The fourth-order valence-electron chi connectivity index (χ4n) is 3.27. The highest BCUT2D eigenvalue weighted by atomic mass is 35.5. The SMILES string of the molecule is O=S(=O)(O)C(c1ccccc1Cl)(c1cccc(Cl)c1Cl)c1c(O)cc(O)cc1Cl. The Morgan fingerprint density at radius 1 is 0.759 bits per heavy atom. The van der Waals surface area contributed by atoms with E-state index in [1.165, 1.54) is 36.4 Å². The van der Waals surface area contributed by atoms with Crippen LogP contribution in [0.5, 0.6) is 11.5 Å². The summed E-state index contributed by atoms with van der Waals surface area (Å²) in [5.41, 5.74) is -0.766. The molecule has 0 heterocycles. The van der Waals surface area contributed by atoms with Gasteiger partial charge in [0.05, 0.1) is 15.1 Å². The van der Waals surface area contributed by atoms with Gasteiger partial charge in [-0.3, -0.25) is 4.55 Å². The van der Waals surface area contributed by atoms with E-state index in [1.807, 2.05) is 0 Å². The predicted molar refractivity (Wildman–Crippen MR) is 114 cm³/mol. The first-order chi connectivity index (χ1) is 13.5. The lowest BCUT2D eigenvalue weighted by atomic mass is 9.83. The Hall–Kier alpha value is -1.67. The molecular formula is C19H12Cl4O5S. The molecule has 3 N–H and O–H groups in total. The summed E-state index contributed by atoms with van der Waals surface area (Å²) in [6.45, 7) is 0. The van der Waals surface area contributed by atoms with Crippen LogP contribution in [0.4, 0.5) is 0 Å². The molecule has 0 saturated heterocycles. The molecular weight excluding hydrogens is 482 g/mol. The van der Waals surface area contributed by atoms with Crippen LogP contribution in [-0.2, 0) is 14.9 Å². The van der Waals surface area contributed by atoms with E-state index in [4.69, 9.17) is 46.4 Å². The van der Waals surface area contributed by atoms with Gasteiger partial charge in [0, 0.05) is 27.8 Å². The molecule has 0 spiro atoms. The number of rotatable bonds is 4. The van der Waals surface area contributed by atoms with Crippen molar-refractivity contribution in [3.8, 4) is 11.5 Å². The molecule has 0 amide bonds. The summed E-state index contributed by atoms with van der Waals surface area (Å²) < 4.78 is 34.0. The van der Waals surface area contributed by atoms with Gasteiger partial charge in [-0.25, -0.2) is 0 Å². The number of phenolic OH excluding ortho intramolecular Hbond substituents is 2. The average molecular weight is 494 g/mol. The van der Waals surface area contributed by atoms with Crippen molar-refractivity contribution in [1.29, 1.82) is 0 Å². The van der Waals surface area contributed by atoms with Crippen LogP contribution >= 0.6 is 46.4 Å². The van der Waals surface area contributed by atoms with Crippen LogP contribution in [0.2, 0.25) is 20.1 Å². The van der Waals surface area contributed by atoms with Crippen LogP contribution in [0.1, 0.15) is 16.7 Å². The lowest BCUT2D eigenvalue weighted by Gasteiger charge is -2.35. The molecule has 152 valence electrons. The minimum atomic E-state index is -5.16. The van der Waals surface area contributed by atoms with Gasteiger partial charge in [-0.05, 0) is 18.2 Å². The number of aromatic hydroxyl groups is 2. The number of hydrogen-bond acceptors (Lipinski definition) is 4. The molecule has 0 saturated carbocycles. The molecule has 1 atom stereocenters. The lowest BCUT2D eigenvalue weighted by Crippen LogP contribution is -2.39. The van der Waals surface area contributed by atoms with E-state index < -0.39 is 31.9 Å². The van der Waals surface area contributed by atoms with Crippen LogP contribution in [0.15, 0.2) is 54.6 Å². The van der Waals surface area contributed by atoms with Gasteiger partial charge in [-0.1, -0.05) is 76.7 Å². The maximum absolute atomic E-state index is 13.0. The highest BCUT2D eigenvalue weighted by molar-refractivity contribution is 7.87. The first-order valence-corrected chi connectivity index (χ1v) is 10.9. The van der Waals surface area contributed by atoms with Gasteiger partial charge in [0.15, 0.2) is 4.75 Å². The van der Waals surface area contributed by atoms with Crippen molar-refractivity contribution in [1.82, 2.24) is 0 Å². The number of hydrogen-bond donors (Lipinski definition) is 3. The monoisotopic (exact) mass is 492 g/mol. The van der Waals surface area contributed by atoms with E-state index in [0.717, 1.165) is 12.1 Å². The average Bonchev–Trinajstić information content (AvgIpc) is 2.60. The van der Waals surface area contributed by atoms with Gasteiger partial charge < -0.3 is 10.2 Å².